The zero-order chi connectivity index (χ0) is 25.9. The largest absolute Gasteiger partial charge is 0.323 e. The highest BCUT2D eigenvalue weighted by molar-refractivity contribution is 7.15. The smallest absolute Gasteiger partial charge is 0.238 e. The molecular weight excluding hydrogens is 497 g/mol. The maximum absolute atomic E-state index is 5.09. The average Bonchev–Trinajstić information content (AvgIpc) is 3.50. The standard InChI is InChI=1S/C33H22N5P/c39-38-28-18-10-8-16-24(28)26-20-19-25-23-15-7-9-17-27(23)37(29(25)30(26)38)33-35-31(21-11-3-1-4-12-21)34-32(36-33)22-13-5-2-6-14-22/h1-20H,39H2. The number of rotatable bonds is 3. The van der Waals surface area contributed by atoms with E-state index in [9.17, 15) is 0 Å². The fraction of sp³-hybridized carbons (Fsp3) is 0. The van der Waals surface area contributed by atoms with Crippen LogP contribution in [0.2, 0.25) is 0 Å². The van der Waals surface area contributed by atoms with Crippen LogP contribution >= 0.6 is 9.39 Å². The van der Waals surface area contributed by atoms with Gasteiger partial charge in [-0.15, -0.1) is 0 Å². The number of para-hydroxylation sites is 2. The number of fused-ring (bicyclic) bond motifs is 7. The lowest BCUT2D eigenvalue weighted by Gasteiger charge is -2.11. The Bertz CT molecular complexity index is 2120. The van der Waals surface area contributed by atoms with Crippen molar-refractivity contribution in [3.05, 3.63) is 121 Å². The Morgan fingerprint density at radius 2 is 0.923 bits per heavy atom. The predicted molar refractivity (Wildman–Crippen MR) is 163 cm³/mol. The zero-order valence-corrected chi connectivity index (χ0v) is 22.0. The molecule has 0 saturated heterocycles. The molecule has 0 N–H and O–H groups in total. The Balaban J connectivity index is 1.55. The normalized spacial score (nSPS) is 11.7. The Labute approximate surface area is 226 Å². The molecule has 8 rings (SSSR count). The van der Waals surface area contributed by atoms with Gasteiger partial charge in [-0.1, -0.05) is 109 Å². The van der Waals surface area contributed by atoms with Gasteiger partial charge in [-0.25, -0.2) is 4.98 Å². The Morgan fingerprint density at radius 1 is 0.436 bits per heavy atom. The lowest BCUT2D eigenvalue weighted by Crippen LogP contribution is -2.06. The van der Waals surface area contributed by atoms with Crippen LogP contribution in [0.15, 0.2) is 121 Å². The van der Waals surface area contributed by atoms with E-state index in [1.165, 1.54) is 10.8 Å². The first-order chi connectivity index (χ1) is 19.3. The number of hydrogen-bond donors (Lipinski definition) is 0. The summed E-state index contributed by atoms with van der Waals surface area (Å²) in [7, 11) is 2.92. The van der Waals surface area contributed by atoms with E-state index in [0.717, 1.165) is 44.0 Å². The minimum absolute atomic E-state index is 0.594. The summed E-state index contributed by atoms with van der Waals surface area (Å²) >= 11 is 0. The second kappa shape index (κ2) is 8.59. The first-order valence-corrected chi connectivity index (χ1v) is 13.4. The van der Waals surface area contributed by atoms with Crippen molar-refractivity contribution in [1.82, 2.24) is 23.9 Å². The van der Waals surface area contributed by atoms with Crippen molar-refractivity contribution >= 4 is 53.0 Å². The molecule has 0 aliphatic rings. The molecule has 0 fully saturated rings. The van der Waals surface area contributed by atoms with Crippen LogP contribution < -0.4 is 0 Å². The molecule has 8 aromatic rings. The Kier molecular flexibility index (Phi) is 4.88. The highest BCUT2D eigenvalue weighted by Crippen LogP contribution is 2.40. The molecule has 6 heteroatoms. The van der Waals surface area contributed by atoms with E-state index in [-0.39, 0.29) is 0 Å². The van der Waals surface area contributed by atoms with E-state index in [1.54, 1.807) is 0 Å². The lowest BCUT2D eigenvalue weighted by molar-refractivity contribution is 0.954. The number of aromatic nitrogens is 5. The van der Waals surface area contributed by atoms with Crippen molar-refractivity contribution in [2.75, 3.05) is 0 Å². The number of nitrogens with zero attached hydrogens (tertiary/aromatic N) is 5. The van der Waals surface area contributed by atoms with Crippen LogP contribution in [0.5, 0.6) is 0 Å². The van der Waals surface area contributed by atoms with Crippen molar-refractivity contribution < 1.29 is 0 Å². The predicted octanol–water partition coefficient (Wildman–Crippen LogP) is 8.05. The maximum Gasteiger partial charge on any atom is 0.238 e. The quantitative estimate of drug-likeness (QED) is 0.222. The summed E-state index contributed by atoms with van der Waals surface area (Å²) in [5.41, 5.74) is 6.31. The van der Waals surface area contributed by atoms with Gasteiger partial charge in [0.25, 0.3) is 0 Å². The summed E-state index contributed by atoms with van der Waals surface area (Å²) in [5, 5.41) is 4.73. The van der Waals surface area contributed by atoms with E-state index in [1.807, 2.05) is 60.7 Å². The molecule has 0 saturated carbocycles. The van der Waals surface area contributed by atoms with Crippen molar-refractivity contribution in [2.45, 2.75) is 0 Å². The minimum atomic E-state index is 0.594. The molecule has 0 aliphatic heterocycles. The van der Waals surface area contributed by atoms with Gasteiger partial charge >= 0.3 is 0 Å². The summed E-state index contributed by atoms with van der Waals surface area (Å²) in [4.78, 5) is 15.1. The van der Waals surface area contributed by atoms with Crippen molar-refractivity contribution in [2.24, 2.45) is 0 Å². The molecule has 1 unspecified atom stereocenters. The van der Waals surface area contributed by atoms with Gasteiger partial charge < -0.3 is 4.34 Å². The first kappa shape index (κ1) is 22.2. The van der Waals surface area contributed by atoms with Crippen LogP contribution in [0.3, 0.4) is 0 Å². The molecule has 0 amide bonds. The highest BCUT2D eigenvalue weighted by atomic mass is 31.0. The van der Waals surface area contributed by atoms with Gasteiger partial charge in [0.2, 0.25) is 5.95 Å². The minimum Gasteiger partial charge on any atom is -0.323 e. The lowest BCUT2D eigenvalue weighted by atomic mass is 10.1. The second-order valence-corrected chi connectivity index (χ2v) is 10.1. The molecular formula is C33H22N5P. The van der Waals surface area contributed by atoms with Crippen molar-refractivity contribution in [3.63, 3.8) is 0 Å². The molecule has 1 atom stereocenters. The van der Waals surface area contributed by atoms with Gasteiger partial charge in [0, 0.05) is 32.7 Å². The van der Waals surface area contributed by atoms with Crippen LogP contribution in [0.25, 0.3) is 72.3 Å². The van der Waals surface area contributed by atoms with Crippen LogP contribution in [0.4, 0.5) is 0 Å². The van der Waals surface area contributed by atoms with E-state index in [0.29, 0.717) is 17.6 Å². The molecule has 0 spiro atoms. The highest BCUT2D eigenvalue weighted by Gasteiger charge is 2.21. The maximum atomic E-state index is 5.09. The summed E-state index contributed by atoms with van der Waals surface area (Å²) in [6.07, 6.45) is 0. The third kappa shape index (κ3) is 3.34. The summed E-state index contributed by atoms with van der Waals surface area (Å²) < 4.78 is 4.41. The van der Waals surface area contributed by atoms with E-state index in [2.05, 4.69) is 79.0 Å². The van der Waals surface area contributed by atoms with Gasteiger partial charge in [-0.3, -0.25) is 4.57 Å². The van der Waals surface area contributed by atoms with E-state index < -0.39 is 0 Å². The van der Waals surface area contributed by atoms with Gasteiger partial charge in [0.1, 0.15) is 0 Å². The molecule has 39 heavy (non-hydrogen) atoms. The van der Waals surface area contributed by atoms with Crippen LogP contribution in [0, 0.1) is 0 Å². The molecule has 3 heterocycles. The second-order valence-electron chi connectivity index (χ2n) is 9.61. The van der Waals surface area contributed by atoms with Crippen molar-refractivity contribution in [3.8, 4) is 28.7 Å². The molecule has 0 aliphatic carbocycles. The van der Waals surface area contributed by atoms with Crippen LogP contribution in [0.1, 0.15) is 0 Å². The summed E-state index contributed by atoms with van der Waals surface area (Å²) in [6.45, 7) is 0. The molecule has 3 aromatic heterocycles. The third-order valence-corrected chi connectivity index (χ3v) is 7.93. The topological polar surface area (TPSA) is 48.5 Å². The monoisotopic (exact) mass is 519 g/mol. The van der Waals surface area contributed by atoms with E-state index in [4.69, 9.17) is 15.0 Å². The first-order valence-electron chi connectivity index (χ1n) is 12.9. The molecule has 5 aromatic carbocycles. The molecule has 0 bridgehead atoms. The summed E-state index contributed by atoms with van der Waals surface area (Å²) in [5.74, 6) is 1.88. The van der Waals surface area contributed by atoms with Crippen LogP contribution in [-0.4, -0.2) is 23.9 Å². The number of benzene rings is 5. The Morgan fingerprint density at radius 3 is 1.54 bits per heavy atom. The third-order valence-electron chi connectivity index (χ3n) is 7.39. The zero-order valence-electron chi connectivity index (χ0n) is 20.9. The van der Waals surface area contributed by atoms with Gasteiger partial charge in [-0.05, 0) is 21.5 Å². The SMILES string of the molecule is Pn1c2ccccc2c2ccc3c4ccccc4n(-c4nc(-c5ccccc5)nc(-c5ccccc5)n4)c3c21. The number of hydrogen-bond acceptors (Lipinski definition) is 3. The van der Waals surface area contributed by atoms with Gasteiger partial charge in [0.05, 0.1) is 22.1 Å². The van der Waals surface area contributed by atoms with E-state index >= 15 is 0 Å². The molecule has 5 nitrogen and oxygen atoms in total. The average molecular weight is 520 g/mol. The fourth-order valence-electron chi connectivity index (χ4n) is 5.64. The van der Waals surface area contributed by atoms with Gasteiger partial charge in [-0.2, -0.15) is 9.97 Å². The Hall–Kier alpha value is -4.86. The van der Waals surface area contributed by atoms with Crippen molar-refractivity contribution in [1.29, 1.82) is 0 Å². The molecule has 184 valence electrons. The van der Waals surface area contributed by atoms with Gasteiger partial charge in [0.15, 0.2) is 11.6 Å². The fourth-order valence-corrected chi connectivity index (χ4v) is 6.12. The molecule has 0 radical (unpaired) electrons. The summed E-state index contributed by atoms with van der Waals surface area (Å²) in [6, 6.07) is 41.7. The van der Waals surface area contributed by atoms with Crippen LogP contribution in [-0.2, 0) is 0 Å².